The lowest BCUT2D eigenvalue weighted by Crippen LogP contribution is -2.52. The number of amides is 1. The Balaban J connectivity index is 2.81. The predicted octanol–water partition coefficient (Wildman–Crippen LogP) is 1.12. The summed E-state index contributed by atoms with van der Waals surface area (Å²) in [7, 11) is 0. The van der Waals surface area contributed by atoms with Gasteiger partial charge in [0.25, 0.3) is 0 Å². The highest BCUT2D eigenvalue weighted by Crippen LogP contribution is 2.37. The highest BCUT2D eigenvalue weighted by Gasteiger charge is 2.41. The molecule has 0 aromatic rings. The molecule has 1 rings (SSSR count). The second kappa shape index (κ2) is 6.36. The Morgan fingerprint density at radius 1 is 1.35 bits per heavy atom. The number of carbonyl (C=O) groups excluding carboxylic acids is 1. The lowest BCUT2D eigenvalue weighted by molar-refractivity contribution is -0.146. The van der Waals surface area contributed by atoms with Crippen LogP contribution in [0.4, 0.5) is 0 Å². The summed E-state index contributed by atoms with van der Waals surface area (Å²) >= 11 is 0. The van der Waals surface area contributed by atoms with E-state index in [9.17, 15) is 4.79 Å². The van der Waals surface area contributed by atoms with Crippen molar-refractivity contribution in [2.45, 2.75) is 52.0 Å². The van der Waals surface area contributed by atoms with Crippen LogP contribution in [0.5, 0.6) is 0 Å². The molecule has 0 radical (unpaired) electrons. The maximum Gasteiger partial charge on any atom is 0.230 e. The fourth-order valence-corrected chi connectivity index (χ4v) is 2.74. The van der Waals surface area contributed by atoms with E-state index in [1.54, 1.807) is 4.90 Å². The Hall–Kier alpha value is -0.610. The third-order valence-corrected chi connectivity index (χ3v) is 3.88. The Morgan fingerprint density at radius 2 is 1.94 bits per heavy atom. The van der Waals surface area contributed by atoms with Crippen LogP contribution in [0.2, 0.25) is 0 Å². The van der Waals surface area contributed by atoms with Crippen molar-refractivity contribution in [1.29, 1.82) is 0 Å². The van der Waals surface area contributed by atoms with Gasteiger partial charge in [0, 0.05) is 19.1 Å². The van der Waals surface area contributed by atoms with E-state index in [4.69, 9.17) is 10.8 Å². The SMILES string of the molecule is CC(C)N(CCO)C(=O)C1(CN)CCCCC1. The molecule has 3 N–H and O–H groups in total. The predicted molar refractivity (Wildman–Crippen MR) is 68.5 cm³/mol. The molecule has 1 saturated carbocycles. The van der Waals surface area contributed by atoms with Crippen LogP contribution in [0.1, 0.15) is 46.0 Å². The molecule has 0 aromatic heterocycles. The molecule has 0 bridgehead atoms. The van der Waals surface area contributed by atoms with Crippen molar-refractivity contribution < 1.29 is 9.90 Å². The molecule has 4 nitrogen and oxygen atoms in total. The van der Waals surface area contributed by atoms with Gasteiger partial charge in [-0.3, -0.25) is 4.79 Å². The average Bonchev–Trinajstić information content (AvgIpc) is 2.35. The van der Waals surface area contributed by atoms with E-state index in [1.165, 1.54) is 6.42 Å². The smallest absolute Gasteiger partial charge is 0.230 e. The number of aliphatic hydroxyl groups excluding tert-OH is 1. The van der Waals surface area contributed by atoms with Gasteiger partial charge in [0.05, 0.1) is 12.0 Å². The fraction of sp³-hybridized carbons (Fsp3) is 0.923. The summed E-state index contributed by atoms with van der Waals surface area (Å²) in [6.45, 7) is 4.84. The van der Waals surface area contributed by atoms with E-state index in [0.29, 0.717) is 13.1 Å². The monoisotopic (exact) mass is 242 g/mol. The van der Waals surface area contributed by atoms with E-state index >= 15 is 0 Å². The molecule has 0 saturated heterocycles. The first-order valence-corrected chi connectivity index (χ1v) is 6.69. The first-order chi connectivity index (χ1) is 8.07. The summed E-state index contributed by atoms with van der Waals surface area (Å²) in [5.74, 6) is 0.142. The lowest BCUT2D eigenvalue weighted by Gasteiger charge is -2.40. The Labute approximate surface area is 104 Å². The zero-order valence-corrected chi connectivity index (χ0v) is 11.1. The van der Waals surface area contributed by atoms with Gasteiger partial charge in [-0.05, 0) is 26.7 Å². The third-order valence-electron chi connectivity index (χ3n) is 3.88. The van der Waals surface area contributed by atoms with Crippen molar-refractivity contribution in [3.05, 3.63) is 0 Å². The lowest BCUT2D eigenvalue weighted by atomic mass is 9.73. The van der Waals surface area contributed by atoms with Gasteiger partial charge in [-0.2, -0.15) is 0 Å². The molecule has 1 amide bonds. The summed E-state index contributed by atoms with van der Waals surface area (Å²) in [4.78, 5) is 14.4. The quantitative estimate of drug-likeness (QED) is 0.759. The second-order valence-corrected chi connectivity index (χ2v) is 5.36. The Kier molecular flexibility index (Phi) is 5.40. The molecule has 0 aromatic carbocycles. The van der Waals surface area contributed by atoms with Crippen LogP contribution < -0.4 is 5.73 Å². The summed E-state index contributed by atoms with van der Waals surface area (Å²) in [6, 6.07) is 0.125. The number of carbonyl (C=O) groups is 1. The molecule has 0 heterocycles. The number of nitrogens with zero attached hydrogens (tertiary/aromatic N) is 1. The molecule has 17 heavy (non-hydrogen) atoms. The van der Waals surface area contributed by atoms with Crippen LogP contribution >= 0.6 is 0 Å². The molecule has 1 aliphatic rings. The van der Waals surface area contributed by atoms with E-state index in [1.807, 2.05) is 13.8 Å². The molecule has 4 heteroatoms. The standard InChI is InChI=1S/C13H26N2O2/c1-11(2)15(8-9-16)12(17)13(10-14)6-4-3-5-7-13/h11,16H,3-10,14H2,1-2H3. The van der Waals surface area contributed by atoms with Gasteiger partial charge in [0.1, 0.15) is 0 Å². The average molecular weight is 242 g/mol. The van der Waals surface area contributed by atoms with Gasteiger partial charge < -0.3 is 15.7 Å². The minimum Gasteiger partial charge on any atom is -0.395 e. The number of aliphatic hydroxyl groups is 1. The minimum absolute atomic E-state index is 0.0184. The maximum absolute atomic E-state index is 12.6. The molecule has 1 aliphatic carbocycles. The molecular weight excluding hydrogens is 216 g/mol. The van der Waals surface area contributed by atoms with Gasteiger partial charge in [-0.25, -0.2) is 0 Å². The van der Waals surface area contributed by atoms with Crippen molar-refractivity contribution in [2.24, 2.45) is 11.1 Å². The molecule has 1 fully saturated rings. The van der Waals surface area contributed by atoms with Crippen molar-refractivity contribution in [2.75, 3.05) is 19.7 Å². The van der Waals surface area contributed by atoms with Crippen molar-refractivity contribution in [1.82, 2.24) is 4.90 Å². The van der Waals surface area contributed by atoms with Crippen LogP contribution in [-0.2, 0) is 4.79 Å². The van der Waals surface area contributed by atoms with E-state index in [0.717, 1.165) is 25.7 Å². The Morgan fingerprint density at radius 3 is 2.35 bits per heavy atom. The van der Waals surface area contributed by atoms with Gasteiger partial charge in [-0.15, -0.1) is 0 Å². The van der Waals surface area contributed by atoms with Crippen LogP contribution in [-0.4, -0.2) is 41.7 Å². The normalized spacial score (nSPS) is 19.4. The molecule has 0 spiro atoms. The number of hydrogen-bond acceptors (Lipinski definition) is 3. The van der Waals surface area contributed by atoms with Gasteiger partial charge in [-0.1, -0.05) is 19.3 Å². The van der Waals surface area contributed by atoms with Crippen molar-refractivity contribution in [3.8, 4) is 0 Å². The highest BCUT2D eigenvalue weighted by atomic mass is 16.3. The van der Waals surface area contributed by atoms with Crippen LogP contribution in [0.15, 0.2) is 0 Å². The van der Waals surface area contributed by atoms with E-state index in [-0.39, 0.29) is 24.0 Å². The maximum atomic E-state index is 12.6. The van der Waals surface area contributed by atoms with Crippen LogP contribution in [0.25, 0.3) is 0 Å². The van der Waals surface area contributed by atoms with Crippen LogP contribution in [0, 0.1) is 5.41 Å². The summed E-state index contributed by atoms with van der Waals surface area (Å²) < 4.78 is 0. The summed E-state index contributed by atoms with van der Waals surface area (Å²) in [6.07, 6.45) is 5.19. The van der Waals surface area contributed by atoms with E-state index in [2.05, 4.69) is 0 Å². The van der Waals surface area contributed by atoms with E-state index < -0.39 is 0 Å². The molecule has 100 valence electrons. The number of hydrogen-bond donors (Lipinski definition) is 2. The number of rotatable bonds is 5. The fourth-order valence-electron chi connectivity index (χ4n) is 2.74. The van der Waals surface area contributed by atoms with Crippen molar-refractivity contribution in [3.63, 3.8) is 0 Å². The first kappa shape index (κ1) is 14.5. The van der Waals surface area contributed by atoms with Gasteiger partial charge in [0.15, 0.2) is 0 Å². The largest absolute Gasteiger partial charge is 0.395 e. The minimum atomic E-state index is -0.363. The molecule has 0 aliphatic heterocycles. The Bertz CT molecular complexity index is 248. The first-order valence-electron chi connectivity index (χ1n) is 6.69. The zero-order chi connectivity index (χ0) is 12.9. The van der Waals surface area contributed by atoms with Gasteiger partial charge in [0.2, 0.25) is 5.91 Å². The molecule has 0 unspecified atom stereocenters. The van der Waals surface area contributed by atoms with Crippen molar-refractivity contribution >= 4 is 5.91 Å². The zero-order valence-electron chi connectivity index (χ0n) is 11.1. The van der Waals surface area contributed by atoms with Crippen LogP contribution in [0.3, 0.4) is 0 Å². The highest BCUT2D eigenvalue weighted by molar-refractivity contribution is 5.83. The summed E-state index contributed by atoms with van der Waals surface area (Å²) in [5, 5.41) is 9.06. The second-order valence-electron chi connectivity index (χ2n) is 5.36. The summed E-state index contributed by atoms with van der Waals surface area (Å²) in [5.41, 5.74) is 5.50. The topological polar surface area (TPSA) is 66.6 Å². The molecule has 0 atom stereocenters. The number of nitrogens with two attached hydrogens (primary N) is 1. The third kappa shape index (κ3) is 3.19. The van der Waals surface area contributed by atoms with Gasteiger partial charge >= 0.3 is 0 Å². The molecular formula is C13H26N2O2.